The number of nitrogens with zero attached hydrogens (tertiary/aromatic N) is 1. The number of rotatable bonds is 10. The van der Waals surface area contributed by atoms with Crippen LogP contribution in [0, 0.1) is 0 Å². The monoisotopic (exact) mass is 500 g/mol. The molecule has 0 aliphatic heterocycles. The lowest BCUT2D eigenvalue weighted by molar-refractivity contribution is -0.143. The molecule has 7 heteroatoms. The maximum atomic E-state index is 13.4. The summed E-state index contributed by atoms with van der Waals surface area (Å²) < 4.78 is 5.95. The zero-order chi connectivity index (χ0) is 24.7. The fourth-order valence-corrected chi connectivity index (χ4v) is 4.21. The number of ether oxygens (including phenoxy) is 1. The van der Waals surface area contributed by atoms with Crippen molar-refractivity contribution in [2.75, 3.05) is 6.61 Å². The minimum atomic E-state index is -0.663. The summed E-state index contributed by atoms with van der Waals surface area (Å²) in [5.41, 5.74) is 0.708. The molecule has 2 atom stereocenters. The summed E-state index contributed by atoms with van der Waals surface area (Å²) in [6, 6.07) is 18.0. The van der Waals surface area contributed by atoms with Crippen molar-refractivity contribution in [3.8, 4) is 5.75 Å². The lowest BCUT2D eigenvalue weighted by Gasteiger charge is -2.31. The summed E-state index contributed by atoms with van der Waals surface area (Å²) in [7, 11) is 0. The van der Waals surface area contributed by atoms with Gasteiger partial charge in [0.2, 0.25) is 5.91 Å². The molecule has 0 spiro atoms. The molecule has 0 heterocycles. The van der Waals surface area contributed by atoms with Gasteiger partial charge in [-0.3, -0.25) is 9.59 Å². The highest BCUT2D eigenvalue weighted by Crippen LogP contribution is 2.26. The van der Waals surface area contributed by atoms with Gasteiger partial charge in [-0.15, -0.1) is 0 Å². The van der Waals surface area contributed by atoms with E-state index in [1.807, 2.05) is 63.2 Å². The molecule has 0 fully saturated rings. The molecule has 5 nitrogen and oxygen atoms in total. The van der Waals surface area contributed by atoms with E-state index in [-0.39, 0.29) is 31.0 Å². The summed E-state index contributed by atoms with van der Waals surface area (Å²) in [6.45, 7) is 5.79. The summed E-state index contributed by atoms with van der Waals surface area (Å²) in [5.74, 6) is 0.124. The Morgan fingerprint density at radius 3 is 2.44 bits per heavy atom. The highest BCUT2D eigenvalue weighted by atomic mass is 35.5. The minimum Gasteiger partial charge on any atom is -0.483 e. The lowest BCUT2D eigenvalue weighted by atomic mass is 10.1. The first-order chi connectivity index (χ1) is 16.3. The van der Waals surface area contributed by atoms with Crippen LogP contribution in [0.25, 0.3) is 10.8 Å². The molecule has 0 saturated carbocycles. The van der Waals surface area contributed by atoms with E-state index in [1.54, 1.807) is 18.2 Å². The quantitative estimate of drug-likeness (QED) is 0.358. The Morgan fingerprint density at radius 1 is 1.00 bits per heavy atom. The summed E-state index contributed by atoms with van der Waals surface area (Å²) in [6.07, 6.45) is 1.25. The van der Waals surface area contributed by atoms with Gasteiger partial charge in [-0.25, -0.2) is 0 Å². The van der Waals surface area contributed by atoms with E-state index in [9.17, 15) is 9.59 Å². The number of fused-ring (bicyclic) bond motifs is 1. The highest BCUT2D eigenvalue weighted by molar-refractivity contribution is 6.35. The summed E-state index contributed by atoms with van der Waals surface area (Å²) >= 11 is 12.4. The van der Waals surface area contributed by atoms with Crippen LogP contribution in [0.3, 0.4) is 0 Å². The van der Waals surface area contributed by atoms with Crippen LogP contribution in [-0.2, 0) is 16.1 Å². The first-order valence-electron chi connectivity index (χ1n) is 11.5. The zero-order valence-corrected chi connectivity index (χ0v) is 21.2. The Balaban J connectivity index is 1.86. The molecule has 0 aliphatic carbocycles. The van der Waals surface area contributed by atoms with E-state index in [4.69, 9.17) is 27.9 Å². The predicted molar refractivity (Wildman–Crippen MR) is 138 cm³/mol. The Morgan fingerprint density at radius 2 is 1.74 bits per heavy atom. The van der Waals surface area contributed by atoms with Crippen molar-refractivity contribution in [2.45, 2.75) is 52.2 Å². The van der Waals surface area contributed by atoms with E-state index in [2.05, 4.69) is 5.32 Å². The van der Waals surface area contributed by atoms with Gasteiger partial charge < -0.3 is 15.0 Å². The molecule has 0 unspecified atom stereocenters. The number of amides is 2. The maximum absolute atomic E-state index is 13.4. The van der Waals surface area contributed by atoms with Crippen molar-refractivity contribution in [3.05, 3.63) is 76.3 Å². The van der Waals surface area contributed by atoms with E-state index < -0.39 is 6.04 Å². The fourth-order valence-electron chi connectivity index (χ4n) is 3.74. The van der Waals surface area contributed by atoms with Gasteiger partial charge in [-0.05, 0) is 48.9 Å². The zero-order valence-electron chi connectivity index (χ0n) is 19.7. The molecule has 3 rings (SSSR count). The van der Waals surface area contributed by atoms with Crippen LogP contribution in [-0.4, -0.2) is 35.4 Å². The van der Waals surface area contributed by atoms with Crippen LogP contribution in [0.5, 0.6) is 5.75 Å². The van der Waals surface area contributed by atoms with Crippen molar-refractivity contribution in [2.24, 2.45) is 0 Å². The SMILES string of the molecule is CC[C@@H](C)NC(=O)[C@H](CC)N(Cc1ccc(Cl)cc1Cl)C(=O)COc1cccc2ccccc12. The van der Waals surface area contributed by atoms with Crippen LogP contribution >= 0.6 is 23.2 Å². The Bertz CT molecular complexity index is 1150. The minimum absolute atomic E-state index is 0.00422. The largest absolute Gasteiger partial charge is 0.483 e. The van der Waals surface area contributed by atoms with Gasteiger partial charge in [0.1, 0.15) is 11.8 Å². The molecule has 34 heavy (non-hydrogen) atoms. The molecule has 0 saturated heterocycles. The van der Waals surface area contributed by atoms with Gasteiger partial charge in [0, 0.05) is 28.0 Å². The second kappa shape index (κ2) is 12.1. The average molecular weight is 501 g/mol. The van der Waals surface area contributed by atoms with Gasteiger partial charge in [-0.1, -0.05) is 79.5 Å². The lowest BCUT2D eigenvalue weighted by Crippen LogP contribution is -2.51. The number of carbonyl (C=O) groups is 2. The number of hydrogen-bond donors (Lipinski definition) is 1. The highest BCUT2D eigenvalue weighted by Gasteiger charge is 2.30. The van der Waals surface area contributed by atoms with Gasteiger partial charge in [0.25, 0.3) is 5.91 Å². The van der Waals surface area contributed by atoms with Crippen molar-refractivity contribution in [1.29, 1.82) is 0 Å². The predicted octanol–water partition coefficient (Wildman–Crippen LogP) is 6.25. The normalized spacial score (nSPS) is 12.7. The number of halogens is 2. The molecule has 180 valence electrons. The Kier molecular flexibility index (Phi) is 9.20. The molecule has 2 amide bonds. The van der Waals surface area contributed by atoms with E-state index in [1.165, 1.54) is 4.90 Å². The molecule has 0 bridgehead atoms. The molecule has 0 aliphatic rings. The third kappa shape index (κ3) is 6.43. The van der Waals surface area contributed by atoms with Gasteiger partial charge in [0.15, 0.2) is 6.61 Å². The second-order valence-electron chi connectivity index (χ2n) is 8.27. The fraction of sp³-hybridized carbons (Fsp3) is 0.333. The van der Waals surface area contributed by atoms with Gasteiger partial charge in [0.05, 0.1) is 0 Å². The molecule has 1 N–H and O–H groups in total. The Hall–Kier alpha value is -2.76. The second-order valence-corrected chi connectivity index (χ2v) is 9.11. The smallest absolute Gasteiger partial charge is 0.261 e. The molecule has 0 radical (unpaired) electrons. The third-order valence-corrected chi connectivity index (χ3v) is 6.43. The average Bonchev–Trinajstić information content (AvgIpc) is 2.83. The van der Waals surface area contributed by atoms with Crippen LogP contribution < -0.4 is 10.1 Å². The van der Waals surface area contributed by atoms with E-state index >= 15 is 0 Å². The standard InChI is InChI=1S/C27H30Cl2N2O3/c1-4-18(3)30-27(33)24(5-2)31(16-20-13-14-21(28)15-23(20)29)26(32)17-34-25-12-8-10-19-9-6-7-11-22(19)25/h6-15,18,24H,4-5,16-17H2,1-3H3,(H,30,33)/t18-,24+/m1/s1. The summed E-state index contributed by atoms with van der Waals surface area (Å²) in [4.78, 5) is 28.1. The van der Waals surface area contributed by atoms with Crippen molar-refractivity contribution >= 4 is 45.8 Å². The molecular weight excluding hydrogens is 471 g/mol. The van der Waals surface area contributed by atoms with Crippen molar-refractivity contribution in [1.82, 2.24) is 10.2 Å². The first-order valence-corrected chi connectivity index (χ1v) is 12.2. The molecule has 3 aromatic rings. The van der Waals surface area contributed by atoms with E-state index in [0.717, 1.165) is 17.2 Å². The van der Waals surface area contributed by atoms with Crippen LogP contribution in [0.1, 0.15) is 39.2 Å². The topological polar surface area (TPSA) is 58.6 Å². The van der Waals surface area contributed by atoms with Crippen molar-refractivity contribution in [3.63, 3.8) is 0 Å². The number of hydrogen-bond acceptors (Lipinski definition) is 3. The van der Waals surface area contributed by atoms with Gasteiger partial charge in [-0.2, -0.15) is 0 Å². The van der Waals surface area contributed by atoms with Crippen LogP contribution in [0.2, 0.25) is 10.0 Å². The van der Waals surface area contributed by atoms with Crippen LogP contribution in [0.15, 0.2) is 60.7 Å². The molecule has 0 aromatic heterocycles. The Labute approximate surface area is 211 Å². The third-order valence-electron chi connectivity index (χ3n) is 5.84. The first kappa shape index (κ1) is 25.9. The van der Waals surface area contributed by atoms with Crippen LogP contribution in [0.4, 0.5) is 0 Å². The van der Waals surface area contributed by atoms with Gasteiger partial charge >= 0.3 is 0 Å². The summed E-state index contributed by atoms with van der Waals surface area (Å²) in [5, 5.41) is 5.89. The molecular formula is C27H30Cl2N2O3. The maximum Gasteiger partial charge on any atom is 0.261 e. The van der Waals surface area contributed by atoms with Crippen molar-refractivity contribution < 1.29 is 14.3 Å². The number of carbonyl (C=O) groups excluding carboxylic acids is 2. The van der Waals surface area contributed by atoms with E-state index in [0.29, 0.717) is 27.8 Å². The number of nitrogens with one attached hydrogen (secondary N) is 1. The molecule has 3 aromatic carbocycles. The number of benzene rings is 3.